The van der Waals surface area contributed by atoms with Gasteiger partial charge < -0.3 is 18.7 Å². The Bertz CT molecular complexity index is 634. The summed E-state index contributed by atoms with van der Waals surface area (Å²) in [6, 6.07) is 7.38. The molecule has 0 bridgehead atoms. The molecule has 2 heterocycles. The number of morpholine rings is 1. The molecule has 2 aromatic rings. The zero-order valence-corrected chi connectivity index (χ0v) is 14.3. The van der Waals surface area contributed by atoms with Gasteiger partial charge in [0.05, 0.1) is 25.9 Å². The minimum atomic E-state index is 0.217. The van der Waals surface area contributed by atoms with Gasteiger partial charge >= 0.3 is 0 Å². The lowest BCUT2D eigenvalue weighted by atomic mass is 10.2. The first-order chi connectivity index (χ1) is 11.6. The third kappa shape index (κ3) is 4.46. The van der Waals surface area contributed by atoms with Gasteiger partial charge in [-0.1, -0.05) is 5.16 Å². The van der Waals surface area contributed by atoms with Crippen LogP contribution in [0.1, 0.15) is 25.6 Å². The van der Waals surface area contributed by atoms with Crippen LogP contribution in [0.3, 0.4) is 0 Å². The van der Waals surface area contributed by atoms with Gasteiger partial charge in [-0.15, -0.1) is 0 Å². The van der Waals surface area contributed by atoms with Crippen molar-refractivity contribution in [3.63, 3.8) is 0 Å². The third-order valence-corrected chi connectivity index (χ3v) is 3.79. The molecule has 7 nitrogen and oxygen atoms in total. The first-order valence-electron chi connectivity index (χ1n) is 8.08. The number of hydrogen-bond donors (Lipinski definition) is 0. The highest BCUT2D eigenvalue weighted by Crippen LogP contribution is 2.18. The predicted molar refractivity (Wildman–Crippen MR) is 86.9 cm³/mol. The monoisotopic (exact) mass is 333 g/mol. The smallest absolute Gasteiger partial charge is 0.240 e. The standard InChI is InChI=1S/C17H23N3O4/c1-12-8-20(9-13(2)23-12)10-17-18-16(19-24-17)11-22-15-6-4-14(21-3)5-7-15/h4-7,12-13H,8-11H2,1-3H3/t12-,13+. The highest BCUT2D eigenvalue weighted by atomic mass is 16.5. The van der Waals surface area contributed by atoms with E-state index in [9.17, 15) is 0 Å². The summed E-state index contributed by atoms with van der Waals surface area (Å²) in [4.78, 5) is 6.66. The lowest BCUT2D eigenvalue weighted by Gasteiger charge is -2.34. The molecule has 1 aliphatic heterocycles. The molecular formula is C17H23N3O4. The minimum absolute atomic E-state index is 0.217. The van der Waals surface area contributed by atoms with Gasteiger partial charge in [-0.3, -0.25) is 4.90 Å². The van der Waals surface area contributed by atoms with Crippen LogP contribution in [0.5, 0.6) is 11.5 Å². The normalized spacial score (nSPS) is 21.6. The Morgan fingerprint density at radius 1 is 1.12 bits per heavy atom. The molecule has 7 heteroatoms. The van der Waals surface area contributed by atoms with E-state index in [0.29, 0.717) is 18.3 Å². The minimum Gasteiger partial charge on any atom is -0.497 e. The molecule has 1 aromatic heterocycles. The van der Waals surface area contributed by atoms with Gasteiger partial charge in [0.2, 0.25) is 11.7 Å². The van der Waals surface area contributed by atoms with Crippen LogP contribution in [0.15, 0.2) is 28.8 Å². The number of ether oxygens (including phenoxy) is 3. The van der Waals surface area contributed by atoms with Crippen LogP contribution < -0.4 is 9.47 Å². The van der Waals surface area contributed by atoms with Crippen LogP contribution in [0, 0.1) is 0 Å². The maximum Gasteiger partial charge on any atom is 0.240 e. The van der Waals surface area contributed by atoms with E-state index in [1.165, 1.54) is 0 Å². The molecule has 0 aliphatic carbocycles. The van der Waals surface area contributed by atoms with Crippen LogP contribution >= 0.6 is 0 Å². The summed E-state index contributed by atoms with van der Waals surface area (Å²) < 4.78 is 21.8. The summed E-state index contributed by atoms with van der Waals surface area (Å²) in [5.41, 5.74) is 0. The average molecular weight is 333 g/mol. The second-order valence-electron chi connectivity index (χ2n) is 6.02. The maximum atomic E-state index is 5.73. The van der Waals surface area contributed by atoms with Gasteiger partial charge in [0.25, 0.3) is 0 Å². The van der Waals surface area contributed by atoms with Crippen molar-refractivity contribution in [2.24, 2.45) is 0 Å². The Kier molecular flexibility index (Phi) is 5.32. The fraction of sp³-hybridized carbons (Fsp3) is 0.529. The van der Waals surface area contributed by atoms with Gasteiger partial charge in [0.15, 0.2) is 6.61 Å². The zero-order valence-electron chi connectivity index (χ0n) is 14.3. The number of hydrogen-bond acceptors (Lipinski definition) is 7. The average Bonchev–Trinajstić information content (AvgIpc) is 3.00. The van der Waals surface area contributed by atoms with Gasteiger partial charge in [0, 0.05) is 13.1 Å². The summed E-state index contributed by atoms with van der Waals surface area (Å²) in [7, 11) is 1.63. The van der Waals surface area contributed by atoms with E-state index in [1.807, 2.05) is 24.3 Å². The van der Waals surface area contributed by atoms with E-state index in [4.69, 9.17) is 18.7 Å². The molecule has 130 valence electrons. The Hall–Kier alpha value is -2.12. The molecule has 0 saturated carbocycles. The Balaban J connectivity index is 1.51. The first-order valence-corrected chi connectivity index (χ1v) is 8.08. The molecule has 24 heavy (non-hydrogen) atoms. The lowest BCUT2D eigenvalue weighted by molar-refractivity contribution is -0.0725. The van der Waals surface area contributed by atoms with Gasteiger partial charge in [-0.05, 0) is 38.1 Å². The summed E-state index contributed by atoms with van der Waals surface area (Å²) in [6.07, 6.45) is 0.434. The molecule has 1 aromatic carbocycles. The fourth-order valence-corrected chi connectivity index (χ4v) is 2.84. The molecule has 0 radical (unpaired) electrons. The van der Waals surface area contributed by atoms with Gasteiger partial charge in [0.1, 0.15) is 11.5 Å². The SMILES string of the molecule is COc1ccc(OCc2noc(CN3C[C@@H](C)O[C@@H](C)C3)n2)cc1. The molecule has 0 amide bonds. The van der Waals surface area contributed by atoms with E-state index >= 15 is 0 Å². The van der Waals surface area contributed by atoms with Crippen LogP contribution in [0.25, 0.3) is 0 Å². The van der Waals surface area contributed by atoms with Crippen LogP contribution in [0.2, 0.25) is 0 Å². The molecule has 3 rings (SSSR count). The van der Waals surface area contributed by atoms with Crippen molar-refractivity contribution in [3.05, 3.63) is 36.0 Å². The van der Waals surface area contributed by atoms with Crippen molar-refractivity contribution in [1.82, 2.24) is 15.0 Å². The van der Waals surface area contributed by atoms with Gasteiger partial charge in [-0.2, -0.15) is 4.98 Å². The Morgan fingerprint density at radius 2 is 1.79 bits per heavy atom. The lowest BCUT2D eigenvalue weighted by Crippen LogP contribution is -2.44. The largest absolute Gasteiger partial charge is 0.497 e. The van der Waals surface area contributed by atoms with Crippen LogP contribution in [-0.2, 0) is 17.9 Å². The van der Waals surface area contributed by atoms with Crippen molar-refractivity contribution < 1.29 is 18.7 Å². The maximum absolute atomic E-state index is 5.73. The number of benzene rings is 1. The van der Waals surface area contributed by atoms with E-state index < -0.39 is 0 Å². The van der Waals surface area contributed by atoms with Gasteiger partial charge in [-0.25, -0.2) is 0 Å². The van der Waals surface area contributed by atoms with Crippen LogP contribution in [-0.4, -0.2) is 47.4 Å². The molecule has 0 spiro atoms. The quantitative estimate of drug-likeness (QED) is 0.803. The summed E-state index contributed by atoms with van der Waals surface area (Å²) >= 11 is 0. The summed E-state index contributed by atoms with van der Waals surface area (Å²) in [6.45, 7) is 6.78. The molecule has 0 unspecified atom stereocenters. The number of nitrogens with zero attached hydrogens (tertiary/aromatic N) is 3. The van der Waals surface area contributed by atoms with Crippen molar-refractivity contribution >= 4 is 0 Å². The first kappa shape index (κ1) is 16.7. The van der Waals surface area contributed by atoms with E-state index in [1.54, 1.807) is 7.11 Å². The molecule has 1 aliphatic rings. The summed E-state index contributed by atoms with van der Waals surface area (Å²) in [5, 5.41) is 3.97. The number of rotatable bonds is 6. The predicted octanol–water partition coefficient (Wildman–Crippen LogP) is 2.27. The van der Waals surface area contributed by atoms with E-state index in [-0.39, 0.29) is 18.8 Å². The Morgan fingerprint density at radius 3 is 2.46 bits per heavy atom. The number of methoxy groups -OCH3 is 1. The van der Waals surface area contributed by atoms with Crippen molar-refractivity contribution in [2.45, 2.75) is 39.2 Å². The fourth-order valence-electron chi connectivity index (χ4n) is 2.84. The zero-order chi connectivity index (χ0) is 16.9. The molecule has 2 atom stereocenters. The van der Waals surface area contributed by atoms with Crippen molar-refractivity contribution in [1.29, 1.82) is 0 Å². The van der Waals surface area contributed by atoms with Crippen molar-refractivity contribution in [3.8, 4) is 11.5 Å². The highest BCUT2D eigenvalue weighted by molar-refractivity contribution is 5.31. The molecule has 1 saturated heterocycles. The van der Waals surface area contributed by atoms with E-state index in [2.05, 4.69) is 28.9 Å². The van der Waals surface area contributed by atoms with Crippen LogP contribution in [0.4, 0.5) is 0 Å². The van der Waals surface area contributed by atoms with Crippen molar-refractivity contribution in [2.75, 3.05) is 20.2 Å². The number of aromatic nitrogens is 2. The second-order valence-corrected chi connectivity index (χ2v) is 6.02. The summed E-state index contributed by atoms with van der Waals surface area (Å²) in [5.74, 6) is 2.66. The van der Waals surface area contributed by atoms with E-state index in [0.717, 1.165) is 24.6 Å². The highest BCUT2D eigenvalue weighted by Gasteiger charge is 2.23. The molecular weight excluding hydrogens is 310 g/mol. The molecule has 0 N–H and O–H groups in total. The third-order valence-electron chi connectivity index (χ3n) is 3.79. The molecule has 1 fully saturated rings. The second kappa shape index (κ2) is 7.63. The Labute approximate surface area is 141 Å². The topological polar surface area (TPSA) is 69.9 Å².